The molecule has 2 heteroatoms. The molecule has 0 saturated heterocycles. The minimum Gasteiger partial charge on any atom is -0.377 e. The van der Waals surface area contributed by atoms with E-state index in [0.717, 1.165) is 19.8 Å². The van der Waals surface area contributed by atoms with E-state index >= 15 is 0 Å². The highest BCUT2D eigenvalue weighted by atomic mass is 16.5. The summed E-state index contributed by atoms with van der Waals surface area (Å²) in [7, 11) is 0. The van der Waals surface area contributed by atoms with Crippen molar-refractivity contribution >= 4 is 0 Å². The van der Waals surface area contributed by atoms with Crippen LogP contribution in [0.1, 0.15) is 57.6 Å². The first-order chi connectivity index (χ1) is 9.24. The second-order valence-corrected chi connectivity index (χ2v) is 5.42. The second kappa shape index (κ2) is 9.99. The van der Waals surface area contributed by atoms with Gasteiger partial charge in [0.05, 0.1) is 6.61 Å². The number of hydrogen-bond donors (Lipinski definition) is 1. The summed E-state index contributed by atoms with van der Waals surface area (Å²) in [6, 6.07) is 9.06. The zero-order valence-electron chi connectivity index (χ0n) is 12.7. The third-order valence-corrected chi connectivity index (χ3v) is 3.22. The van der Waals surface area contributed by atoms with Crippen LogP contribution in [0, 0.1) is 0 Å². The Bertz CT molecular complexity index is 336. The summed E-state index contributed by atoms with van der Waals surface area (Å²) in [5.41, 5.74) is 2.66. The maximum absolute atomic E-state index is 5.79. The molecule has 0 spiro atoms. The predicted molar refractivity (Wildman–Crippen MR) is 82.2 cm³/mol. The standard InChI is InChI=1S/C17H29NO/c1-4-5-6-9-12-19-14-17-11-8-7-10-16(17)13-18-15(2)3/h7-8,10-11,15,18H,4-6,9,12-14H2,1-3H3. The Morgan fingerprint density at radius 1 is 1.05 bits per heavy atom. The number of ether oxygens (including phenoxy) is 1. The third kappa shape index (κ3) is 7.34. The zero-order chi connectivity index (χ0) is 13.9. The lowest BCUT2D eigenvalue weighted by molar-refractivity contribution is 0.116. The van der Waals surface area contributed by atoms with Gasteiger partial charge in [-0.15, -0.1) is 0 Å². The molecule has 0 heterocycles. The lowest BCUT2D eigenvalue weighted by Gasteiger charge is -2.13. The van der Waals surface area contributed by atoms with Crippen molar-refractivity contribution in [2.24, 2.45) is 0 Å². The van der Waals surface area contributed by atoms with Gasteiger partial charge in [0, 0.05) is 19.2 Å². The van der Waals surface area contributed by atoms with Gasteiger partial charge < -0.3 is 10.1 Å². The van der Waals surface area contributed by atoms with Gasteiger partial charge in [-0.2, -0.15) is 0 Å². The molecule has 0 aliphatic heterocycles. The molecule has 0 atom stereocenters. The first-order valence-electron chi connectivity index (χ1n) is 7.62. The smallest absolute Gasteiger partial charge is 0.0720 e. The van der Waals surface area contributed by atoms with Crippen molar-refractivity contribution in [1.82, 2.24) is 5.32 Å². The fraction of sp³-hybridized carbons (Fsp3) is 0.647. The fourth-order valence-electron chi connectivity index (χ4n) is 2.00. The van der Waals surface area contributed by atoms with E-state index < -0.39 is 0 Å². The Morgan fingerprint density at radius 2 is 1.79 bits per heavy atom. The summed E-state index contributed by atoms with van der Waals surface area (Å²) >= 11 is 0. The summed E-state index contributed by atoms with van der Waals surface area (Å²) < 4.78 is 5.79. The van der Waals surface area contributed by atoms with Gasteiger partial charge in [0.15, 0.2) is 0 Å². The highest BCUT2D eigenvalue weighted by molar-refractivity contribution is 5.26. The second-order valence-electron chi connectivity index (χ2n) is 5.42. The number of hydrogen-bond acceptors (Lipinski definition) is 2. The molecule has 0 bridgehead atoms. The van der Waals surface area contributed by atoms with Gasteiger partial charge in [-0.1, -0.05) is 64.3 Å². The van der Waals surface area contributed by atoms with Gasteiger partial charge in [-0.3, -0.25) is 0 Å². The van der Waals surface area contributed by atoms with Crippen LogP contribution in [0.2, 0.25) is 0 Å². The van der Waals surface area contributed by atoms with Crippen LogP contribution in [0.15, 0.2) is 24.3 Å². The van der Waals surface area contributed by atoms with E-state index in [0.29, 0.717) is 6.04 Å². The molecule has 108 valence electrons. The highest BCUT2D eigenvalue weighted by Gasteiger charge is 2.02. The Labute approximate surface area is 118 Å². The van der Waals surface area contributed by atoms with Crippen LogP contribution in [0.25, 0.3) is 0 Å². The highest BCUT2D eigenvalue weighted by Crippen LogP contribution is 2.11. The van der Waals surface area contributed by atoms with Gasteiger partial charge in [-0.25, -0.2) is 0 Å². The normalized spacial score (nSPS) is 11.2. The molecule has 2 nitrogen and oxygen atoms in total. The van der Waals surface area contributed by atoms with Gasteiger partial charge in [0.1, 0.15) is 0 Å². The van der Waals surface area contributed by atoms with E-state index in [2.05, 4.69) is 50.4 Å². The van der Waals surface area contributed by atoms with Crippen molar-refractivity contribution < 1.29 is 4.74 Å². The first kappa shape index (κ1) is 16.2. The topological polar surface area (TPSA) is 21.3 Å². The molecule has 0 amide bonds. The number of unbranched alkanes of at least 4 members (excludes halogenated alkanes) is 3. The Balaban J connectivity index is 2.31. The summed E-state index contributed by atoms with van der Waals surface area (Å²) in [6.07, 6.45) is 5.06. The molecule has 0 radical (unpaired) electrons. The molecule has 1 aromatic rings. The first-order valence-corrected chi connectivity index (χ1v) is 7.62. The van der Waals surface area contributed by atoms with Crippen LogP contribution in [0.4, 0.5) is 0 Å². The summed E-state index contributed by atoms with van der Waals surface area (Å²) in [4.78, 5) is 0. The van der Waals surface area contributed by atoms with Gasteiger partial charge in [-0.05, 0) is 17.5 Å². The van der Waals surface area contributed by atoms with E-state index in [1.54, 1.807) is 0 Å². The van der Waals surface area contributed by atoms with Crippen LogP contribution in [0.3, 0.4) is 0 Å². The van der Waals surface area contributed by atoms with Crippen LogP contribution in [-0.2, 0) is 17.9 Å². The Morgan fingerprint density at radius 3 is 2.47 bits per heavy atom. The molecule has 19 heavy (non-hydrogen) atoms. The minimum absolute atomic E-state index is 0.517. The molecule has 0 saturated carbocycles. The van der Waals surface area contributed by atoms with E-state index in [4.69, 9.17) is 4.74 Å². The van der Waals surface area contributed by atoms with Gasteiger partial charge in [0.2, 0.25) is 0 Å². The molecule has 0 fully saturated rings. The Hall–Kier alpha value is -0.860. The third-order valence-electron chi connectivity index (χ3n) is 3.22. The van der Waals surface area contributed by atoms with Crippen LogP contribution in [0.5, 0.6) is 0 Å². The maximum atomic E-state index is 5.79. The number of rotatable bonds is 10. The SMILES string of the molecule is CCCCCCOCc1ccccc1CNC(C)C. The van der Waals surface area contributed by atoms with Crippen molar-refractivity contribution in [2.75, 3.05) is 6.61 Å². The predicted octanol–water partition coefficient (Wildman–Crippen LogP) is 4.28. The van der Waals surface area contributed by atoms with E-state index in [9.17, 15) is 0 Å². The quantitative estimate of drug-likeness (QED) is 0.636. The zero-order valence-corrected chi connectivity index (χ0v) is 12.7. The summed E-state index contributed by atoms with van der Waals surface area (Å²) in [6.45, 7) is 9.12. The van der Waals surface area contributed by atoms with Crippen LogP contribution in [-0.4, -0.2) is 12.6 Å². The van der Waals surface area contributed by atoms with Crippen molar-refractivity contribution in [3.63, 3.8) is 0 Å². The van der Waals surface area contributed by atoms with E-state index in [1.807, 2.05) is 0 Å². The van der Waals surface area contributed by atoms with Crippen LogP contribution >= 0.6 is 0 Å². The van der Waals surface area contributed by atoms with Gasteiger partial charge in [0.25, 0.3) is 0 Å². The molecule has 1 aromatic carbocycles. The van der Waals surface area contributed by atoms with E-state index in [-0.39, 0.29) is 0 Å². The van der Waals surface area contributed by atoms with E-state index in [1.165, 1.54) is 36.8 Å². The van der Waals surface area contributed by atoms with Gasteiger partial charge >= 0.3 is 0 Å². The minimum atomic E-state index is 0.517. The Kier molecular flexibility index (Phi) is 8.52. The largest absolute Gasteiger partial charge is 0.377 e. The monoisotopic (exact) mass is 263 g/mol. The van der Waals surface area contributed by atoms with Crippen molar-refractivity contribution in [3.8, 4) is 0 Å². The van der Waals surface area contributed by atoms with Crippen molar-refractivity contribution in [2.45, 2.75) is 65.6 Å². The average molecular weight is 263 g/mol. The molecule has 0 unspecified atom stereocenters. The molecular weight excluding hydrogens is 234 g/mol. The average Bonchev–Trinajstić information content (AvgIpc) is 2.41. The maximum Gasteiger partial charge on any atom is 0.0720 e. The van der Waals surface area contributed by atoms with Crippen molar-refractivity contribution in [3.05, 3.63) is 35.4 Å². The summed E-state index contributed by atoms with van der Waals surface area (Å²) in [5.74, 6) is 0. The molecule has 1 N–H and O–H groups in total. The number of nitrogens with one attached hydrogen (secondary N) is 1. The summed E-state index contributed by atoms with van der Waals surface area (Å²) in [5, 5.41) is 3.46. The molecular formula is C17H29NO. The lowest BCUT2D eigenvalue weighted by Crippen LogP contribution is -2.22. The molecule has 1 rings (SSSR count). The molecule has 0 aliphatic carbocycles. The molecule has 0 aromatic heterocycles. The molecule has 0 aliphatic rings. The fourth-order valence-corrected chi connectivity index (χ4v) is 2.00. The lowest BCUT2D eigenvalue weighted by atomic mass is 10.1. The number of benzene rings is 1. The van der Waals surface area contributed by atoms with Crippen LogP contribution < -0.4 is 5.32 Å². The van der Waals surface area contributed by atoms with Crippen molar-refractivity contribution in [1.29, 1.82) is 0 Å².